The number of hydrogen-bond acceptors (Lipinski definition) is 2. The zero-order chi connectivity index (χ0) is 12.2. The van der Waals surface area contributed by atoms with Crippen molar-refractivity contribution in [3.05, 3.63) is 35.4 Å². The zero-order valence-electron chi connectivity index (χ0n) is 9.23. The van der Waals surface area contributed by atoms with Gasteiger partial charge in [0.1, 0.15) is 5.54 Å². The molecule has 0 heterocycles. The summed E-state index contributed by atoms with van der Waals surface area (Å²) >= 11 is 0. The molecule has 84 valence electrons. The lowest BCUT2D eigenvalue weighted by Crippen LogP contribution is -2.46. The van der Waals surface area contributed by atoms with Crippen LogP contribution < -0.4 is 5.73 Å². The van der Waals surface area contributed by atoms with Gasteiger partial charge in [0.2, 0.25) is 0 Å². The third-order valence-corrected chi connectivity index (χ3v) is 2.39. The van der Waals surface area contributed by atoms with E-state index in [2.05, 4.69) is 5.92 Å². The van der Waals surface area contributed by atoms with E-state index in [1.54, 1.807) is 0 Å². The van der Waals surface area contributed by atoms with Crippen LogP contribution in [0.15, 0.2) is 24.3 Å². The Kier molecular flexibility index (Phi) is 3.70. The number of rotatable bonds is 4. The van der Waals surface area contributed by atoms with Crippen LogP contribution in [0, 0.1) is 12.3 Å². The first-order chi connectivity index (χ1) is 7.45. The molecule has 0 spiro atoms. The molecule has 0 radical (unpaired) electrons. The van der Waals surface area contributed by atoms with Gasteiger partial charge in [-0.05, 0) is 18.1 Å². The molecule has 3 heteroatoms. The van der Waals surface area contributed by atoms with Crippen LogP contribution >= 0.6 is 0 Å². The second-order valence-electron chi connectivity index (χ2n) is 4.10. The Bertz CT molecular complexity index is 413. The molecule has 3 nitrogen and oxygen atoms in total. The number of terminal acetylenes is 1. The van der Waals surface area contributed by atoms with E-state index in [1.807, 2.05) is 24.3 Å². The van der Waals surface area contributed by atoms with Crippen LogP contribution in [-0.2, 0) is 17.6 Å². The minimum atomic E-state index is -1.23. The van der Waals surface area contributed by atoms with Gasteiger partial charge in [-0.25, -0.2) is 0 Å². The van der Waals surface area contributed by atoms with Gasteiger partial charge in [0, 0.05) is 12.8 Å². The van der Waals surface area contributed by atoms with Crippen LogP contribution in [0.5, 0.6) is 0 Å². The van der Waals surface area contributed by atoms with Gasteiger partial charge in [-0.15, -0.1) is 12.3 Å². The van der Waals surface area contributed by atoms with E-state index in [9.17, 15) is 4.79 Å². The first kappa shape index (κ1) is 12.3. The van der Waals surface area contributed by atoms with Gasteiger partial charge < -0.3 is 10.8 Å². The summed E-state index contributed by atoms with van der Waals surface area (Å²) in [6, 6.07) is 7.52. The van der Waals surface area contributed by atoms with Crippen molar-refractivity contribution >= 4 is 5.97 Å². The van der Waals surface area contributed by atoms with Crippen LogP contribution in [0.4, 0.5) is 0 Å². The fraction of sp³-hybridized carbons (Fsp3) is 0.308. The van der Waals surface area contributed by atoms with Gasteiger partial charge in [-0.2, -0.15) is 0 Å². The maximum atomic E-state index is 10.8. The predicted molar refractivity (Wildman–Crippen MR) is 62.9 cm³/mol. The summed E-state index contributed by atoms with van der Waals surface area (Å²) in [6.07, 6.45) is 6.08. The summed E-state index contributed by atoms with van der Waals surface area (Å²) in [5.41, 5.74) is 6.37. The van der Waals surface area contributed by atoms with E-state index < -0.39 is 11.5 Å². The molecule has 0 aliphatic rings. The van der Waals surface area contributed by atoms with Crippen molar-refractivity contribution in [2.75, 3.05) is 0 Å². The molecule has 0 amide bonds. The lowest BCUT2D eigenvalue weighted by atomic mass is 9.93. The van der Waals surface area contributed by atoms with Crippen molar-refractivity contribution in [3.63, 3.8) is 0 Å². The van der Waals surface area contributed by atoms with Crippen molar-refractivity contribution in [3.8, 4) is 12.3 Å². The smallest absolute Gasteiger partial charge is 0.323 e. The highest BCUT2D eigenvalue weighted by Gasteiger charge is 2.27. The molecule has 0 saturated carbocycles. The quantitative estimate of drug-likeness (QED) is 0.745. The molecule has 0 aliphatic heterocycles. The number of carbonyl (C=O) groups is 1. The fourth-order valence-electron chi connectivity index (χ4n) is 1.39. The van der Waals surface area contributed by atoms with Crippen LogP contribution in [0.25, 0.3) is 0 Å². The first-order valence-corrected chi connectivity index (χ1v) is 4.99. The summed E-state index contributed by atoms with van der Waals surface area (Å²) in [5, 5.41) is 8.89. The van der Waals surface area contributed by atoms with Crippen LogP contribution in [0.2, 0.25) is 0 Å². The number of aliphatic carboxylic acids is 1. The standard InChI is InChI=1S/C13H15NO2/c1-3-4-10-5-7-11(8-6-10)9-13(2,14)12(15)16/h1,5-8H,4,9,14H2,2H3,(H,15,16). The molecule has 0 fully saturated rings. The number of hydrogen-bond donors (Lipinski definition) is 2. The fourth-order valence-corrected chi connectivity index (χ4v) is 1.39. The highest BCUT2D eigenvalue weighted by molar-refractivity contribution is 5.78. The maximum Gasteiger partial charge on any atom is 0.323 e. The van der Waals surface area contributed by atoms with Crippen molar-refractivity contribution in [2.45, 2.75) is 25.3 Å². The van der Waals surface area contributed by atoms with Crippen molar-refractivity contribution in [1.29, 1.82) is 0 Å². The summed E-state index contributed by atoms with van der Waals surface area (Å²) in [5.74, 6) is 1.55. The summed E-state index contributed by atoms with van der Waals surface area (Å²) < 4.78 is 0. The molecule has 1 unspecified atom stereocenters. The average molecular weight is 217 g/mol. The second-order valence-corrected chi connectivity index (χ2v) is 4.10. The van der Waals surface area contributed by atoms with E-state index in [0.29, 0.717) is 12.8 Å². The topological polar surface area (TPSA) is 63.3 Å². The molecule has 0 saturated heterocycles. The van der Waals surface area contributed by atoms with Gasteiger partial charge in [0.05, 0.1) is 0 Å². The van der Waals surface area contributed by atoms with Gasteiger partial charge in [0.15, 0.2) is 0 Å². The van der Waals surface area contributed by atoms with Crippen LogP contribution in [0.3, 0.4) is 0 Å². The van der Waals surface area contributed by atoms with E-state index in [4.69, 9.17) is 17.3 Å². The van der Waals surface area contributed by atoms with E-state index in [-0.39, 0.29) is 0 Å². The molecule has 0 aromatic heterocycles. The maximum absolute atomic E-state index is 10.8. The molecular weight excluding hydrogens is 202 g/mol. The first-order valence-electron chi connectivity index (χ1n) is 4.99. The molecule has 0 aliphatic carbocycles. The number of carboxylic acids is 1. The Morgan fingerprint density at radius 2 is 1.94 bits per heavy atom. The molecule has 16 heavy (non-hydrogen) atoms. The van der Waals surface area contributed by atoms with Gasteiger partial charge in [-0.3, -0.25) is 4.79 Å². The minimum Gasteiger partial charge on any atom is -0.480 e. The zero-order valence-corrected chi connectivity index (χ0v) is 9.23. The summed E-state index contributed by atoms with van der Waals surface area (Å²) in [7, 11) is 0. The molecule has 0 bridgehead atoms. The largest absolute Gasteiger partial charge is 0.480 e. The normalized spacial score (nSPS) is 13.8. The van der Waals surface area contributed by atoms with Crippen molar-refractivity contribution in [2.24, 2.45) is 5.73 Å². The van der Waals surface area contributed by atoms with E-state index in [1.165, 1.54) is 6.92 Å². The molecule has 1 aromatic carbocycles. The SMILES string of the molecule is C#CCc1ccc(CC(C)(N)C(=O)O)cc1. The van der Waals surface area contributed by atoms with E-state index >= 15 is 0 Å². The van der Waals surface area contributed by atoms with Gasteiger partial charge in [-0.1, -0.05) is 24.3 Å². The Balaban J connectivity index is 2.77. The second kappa shape index (κ2) is 4.82. The molecule has 1 atom stereocenters. The number of nitrogens with two attached hydrogens (primary N) is 1. The molecular formula is C13H15NO2. The molecule has 1 rings (SSSR count). The van der Waals surface area contributed by atoms with Crippen molar-refractivity contribution in [1.82, 2.24) is 0 Å². The lowest BCUT2D eigenvalue weighted by molar-refractivity contribution is -0.142. The number of carboxylic acid groups (broad SMARTS) is 1. The minimum absolute atomic E-state index is 0.304. The third-order valence-electron chi connectivity index (χ3n) is 2.39. The molecule has 1 aromatic rings. The summed E-state index contributed by atoms with van der Waals surface area (Å²) in [4.78, 5) is 10.8. The Morgan fingerprint density at radius 1 is 1.44 bits per heavy atom. The summed E-state index contributed by atoms with van der Waals surface area (Å²) in [6.45, 7) is 1.50. The van der Waals surface area contributed by atoms with Gasteiger partial charge in [0.25, 0.3) is 0 Å². The predicted octanol–water partition coefficient (Wildman–Crippen LogP) is 1.21. The van der Waals surface area contributed by atoms with Crippen molar-refractivity contribution < 1.29 is 9.90 Å². The average Bonchev–Trinajstić information content (AvgIpc) is 2.21. The Morgan fingerprint density at radius 3 is 2.38 bits per heavy atom. The highest BCUT2D eigenvalue weighted by atomic mass is 16.4. The monoisotopic (exact) mass is 217 g/mol. The lowest BCUT2D eigenvalue weighted by Gasteiger charge is -2.19. The molecule has 3 N–H and O–H groups in total. The third kappa shape index (κ3) is 3.11. The van der Waals surface area contributed by atoms with Gasteiger partial charge >= 0.3 is 5.97 Å². The number of benzene rings is 1. The van der Waals surface area contributed by atoms with Crippen LogP contribution in [0.1, 0.15) is 18.1 Å². The van der Waals surface area contributed by atoms with E-state index in [0.717, 1.165) is 11.1 Å². The Labute approximate surface area is 95.3 Å². The highest BCUT2D eigenvalue weighted by Crippen LogP contribution is 2.12. The Hall–Kier alpha value is -1.79. The van der Waals surface area contributed by atoms with Crippen LogP contribution in [-0.4, -0.2) is 16.6 Å².